The first-order chi connectivity index (χ1) is 19.9. The number of pyridine rings is 1. The van der Waals surface area contributed by atoms with Crippen molar-refractivity contribution >= 4 is 65.4 Å². The van der Waals surface area contributed by atoms with Crippen LogP contribution in [0.1, 0.15) is 0 Å². The van der Waals surface area contributed by atoms with Gasteiger partial charge in [0.2, 0.25) is 5.95 Å². The van der Waals surface area contributed by atoms with Crippen molar-refractivity contribution in [3.8, 4) is 17.2 Å². The first kappa shape index (κ1) is 21.4. The van der Waals surface area contributed by atoms with Crippen LogP contribution in [0.5, 0.6) is 0 Å². The molecule has 5 aromatic carbocycles. The molecule has 0 bridgehead atoms. The molecule has 5 heteroatoms. The number of hydrogen-bond acceptors (Lipinski definition) is 4. The molecule has 0 aliphatic rings. The smallest absolute Gasteiger partial charge is 0.235 e. The predicted octanol–water partition coefficient (Wildman–Crippen LogP) is 8.84. The van der Waals surface area contributed by atoms with Crippen molar-refractivity contribution in [2.75, 3.05) is 0 Å². The number of fused-ring (bicyclic) bond motifs is 11. The minimum Gasteiger partial charge on any atom is -0.455 e. The van der Waals surface area contributed by atoms with E-state index in [1.165, 1.54) is 0 Å². The molecule has 0 aliphatic heterocycles. The van der Waals surface area contributed by atoms with Crippen LogP contribution in [-0.2, 0) is 0 Å². The maximum atomic E-state index is 6.52. The average molecular weight is 513 g/mol. The largest absolute Gasteiger partial charge is 0.455 e. The number of para-hydroxylation sites is 2. The third-order valence-corrected chi connectivity index (χ3v) is 7.88. The fourth-order valence-electron chi connectivity index (χ4n) is 6.20. The summed E-state index contributed by atoms with van der Waals surface area (Å²) in [6, 6.07) is 37.5. The van der Waals surface area contributed by atoms with E-state index in [-0.39, 0.29) is 0 Å². The molecule has 9 rings (SSSR count). The molecule has 9 aromatic rings. The molecule has 0 radical (unpaired) electrons. The van der Waals surface area contributed by atoms with Gasteiger partial charge in [0.05, 0.1) is 22.2 Å². The lowest BCUT2D eigenvalue weighted by Gasteiger charge is -2.12. The zero-order valence-electron chi connectivity index (χ0n) is 21.2. The molecular weight excluding hydrogens is 492 g/mol. The second-order valence-corrected chi connectivity index (χ2v) is 10.1. The molecule has 40 heavy (non-hydrogen) atoms. The minimum atomic E-state index is 0.626. The van der Waals surface area contributed by atoms with Crippen LogP contribution >= 0.6 is 0 Å². The monoisotopic (exact) mass is 512 g/mol. The van der Waals surface area contributed by atoms with Crippen LogP contribution in [0.4, 0.5) is 0 Å². The standard InChI is InChI=1S/C35H20N4O/c1-2-10-21(11-3-1)32-26-20-36-19-18-27(26)37-35(38-32)39-28-16-8-6-14-24(28)30-31-25-15-7-9-17-29(25)40-34(31)23-13-5-4-12-22(23)33(30)39/h1-20H. The Morgan fingerprint density at radius 2 is 1.30 bits per heavy atom. The van der Waals surface area contributed by atoms with E-state index in [2.05, 4.69) is 82.3 Å². The number of furan rings is 1. The Morgan fingerprint density at radius 3 is 2.17 bits per heavy atom. The second-order valence-electron chi connectivity index (χ2n) is 10.1. The van der Waals surface area contributed by atoms with Gasteiger partial charge in [-0.3, -0.25) is 9.55 Å². The highest BCUT2D eigenvalue weighted by atomic mass is 16.3. The molecule has 4 aromatic heterocycles. The second kappa shape index (κ2) is 7.98. The van der Waals surface area contributed by atoms with Crippen LogP contribution in [0, 0.1) is 0 Å². The van der Waals surface area contributed by atoms with Crippen molar-refractivity contribution in [1.29, 1.82) is 0 Å². The van der Waals surface area contributed by atoms with Gasteiger partial charge in [-0.1, -0.05) is 91.0 Å². The zero-order chi connectivity index (χ0) is 26.2. The predicted molar refractivity (Wildman–Crippen MR) is 162 cm³/mol. The van der Waals surface area contributed by atoms with Gasteiger partial charge in [0.15, 0.2) is 0 Å². The topological polar surface area (TPSA) is 56.7 Å². The summed E-state index contributed by atoms with van der Waals surface area (Å²) >= 11 is 0. The fourth-order valence-corrected chi connectivity index (χ4v) is 6.20. The Morgan fingerprint density at radius 1 is 0.575 bits per heavy atom. The van der Waals surface area contributed by atoms with Crippen molar-refractivity contribution in [1.82, 2.24) is 19.5 Å². The molecule has 186 valence electrons. The van der Waals surface area contributed by atoms with Crippen LogP contribution < -0.4 is 0 Å². The summed E-state index contributed by atoms with van der Waals surface area (Å²) in [4.78, 5) is 14.8. The van der Waals surface area contributed by atoms with Crippen molar-refractivity contribution < 1.29 is 4.42 Å². The highest BCUT2D eigenvalue weighted by Crippen LogP contribution is 2.45. The van der Waals surface area contributed by atoms with Crippen LogP contribution in [0.15, 0.2) is 126 Å². The first-order valence-corrected chi connectivity index (χ1v) is 13.3. The highest BCUT2D eigenvalue weighted by Gasteiger charge is 2.24. The molecule has 0 aliphatic carbocycles. The summed E-state index contributed by atoms with van der Waals surface area (Å²) in [6.45, 7) is 0. The quantitative estimate of drug-likeness (QED) is 0.232. The first-order valence-electron chi connectivity index (χ1n) is 13.3. The summed E-state index contributed by atoms with van der Waals surface area (Å²) in [7, 11) is 0. The van der Waals surface area contributed by atoms with E-state index in [4.69, 9.17) is 14.4 Å². The van der Waals surface area contributed by atoms with E-state index in [0.717, 1.165) is 76.7 Å². The van der Waals surface area contributed by atoms with Gasteiger partial charge in [-0.05, 0) is 18.2 Å². The molecule has 0 fully saturated rings. The summed E-state index contributed by atoms with van der Waals surface area (Å²) in [5, 5.41) is 7.59. The highest BCUT2D eigenvalue weighted by molar-refractivity contribution is 6.35. The SMILES string of the molecule is c1ccc(-c2nc(-n3c4ccccc4c4c5c6ccccc6oc5c5ccccc5c43)nc3ccncc23)cc1. The summed E-state index contributed by atoms with van der Waals surface area (Å²) in [6.07, 6.45) is 3.64. The van der Waals surface area contributed by atoms with E-state index in [1.54, 1.807) is 6.20 Å². The number of aromatic nitrogens is 4. The Hall–Kier alpha value is -5.55. The summed E-state index contributed by atoms with van der Waals surface area (Å²) in [5.41, 5.74) is 6.65. The van der Waals surface area contributed by atoms with Gasteiger partial charge in [-0.15, -0.1) is 0 Å². The Kier molecular flexibility index (Phi) is 4.27. The van der Waals surface area contributed by atoms with Crippen LogP contribution in [0.3, 0.4) is 0 Å². The van der Waals surface area contributed by atoms with Crippen LogP contribution in [0.25, 0.3) is 82.6 Å². The lowest BCUT2D eigenvalue weighted by molar-refractivity contribution is 0.673. The molecule has 0 N–H and O–H groups in total. The van der Waals surface area contributed by atoms with Crippen molar-refractivity contribution in [2.24, 2.45) is 0 Å². The normalized spacial score (nSPS) is 12.0. The molecule has 0 saturated heterocycles. The van der Waals surface area contributed by atoms with Crippen molar-refractivity contribution in [2.45, 2.75) is 0 Å². The van der Waals surface area contributed by atoms with Gasteiger partial charge in [0.25, 0.3) is 0 Å². The number of nitrogens with zero attached hydrogens (tertiary/aromatic N) is 4. The van der Waals surface area contributed by atoms with Gasteiger partial charge < -0.3 is 4.42 Å². The van der Waals surface area contributed by atoms with Gasteiger partial charge >= 0.3 is 0 Å². The molecule has 0 amide bonds. The van der Waals surface area contributed by atoms with Gasteiger partial charge in [-0.25, -0.2) is 9.97 Å². The molecule has 5 nitrogen and oxygen atoms in total. The number of hydrogen-bond donors (Lipinski definition) is 0. The molecule has 0 unspecified atom stereocenters. The molecular formula is C35H20N4O. The minimum absolute atomic E-state index is 0.626. The third-order valence-electron chi connectivity index (χ3n) is 7.88. The van der Waals surface area contributed by atoms with Crippen molar-refractivity contribution in [3.63, 3.8) is 0 Å². The summed E-state index contributed by atoms with van der Waals surface area (Å²) < 4.78 is 8.75. The zero-order valence-corrected chi connectivity index (χ0v) is 21.2. The van der Waals surface area contributed by atoms with Crippen LogP contribution in [0.2, 0.25) is 0 Å². The number of benzene rings is 5. The van der Waals surface area contributed by atoms with E-state index in [0.29, 0.717) is 5.95 Å². The van der Waals surface area contributed by atoms with E-state index >= 15 is 0 Å². The molecule has 4 heterocycles. The van der Waals surface area contributed by atoms with Crippen molar-refractivity contribution in [3.05, 3.63) is 122 Å². The average Bonchev–Trinajstić information content (AvgIpc) is 3.58. The summed E-state index contributed by atoms with van der Waals surface area (Å²) in [5.74, 6) is 0.626. The Balaban J connectivity index is 1.54. The maximum Gasteiger partial charge on any atom is 0.235 e. The fraction of sp³-hybridized carbons (Fsp3) is 0. The van der Waals surface area contributed by atoms with E-state index in [9.17, 15) is 0 Å². The van der Waals surface area contributed by atoms with Gasteiger partial charge in [-0.2, -0.15) is 0 Å². The lowest BCUT2D eigenvalue weighted by atomic mass is 9.99. The third kappa shape index (κ3) is 2.83. The van der Waals surface area contributed by atoms with Crippen LogP contribution in [-0.4, -0.2) is 19.5 Å². The number of rotatable bonds is 2. The maximum absolute atomic E-state index is 6.52. The molecule has 0 atom stereocenters. The Labute approximate surface area is 228 Å². The van der Waals surface area contributed by atoms with E-state index < -0.39 is 0 Å². The van der Waals surface area contributed by atoms with Gasteiger partial charge in [0, 0.05) is 55.7 Å². The lowest BCUT2D eigenvalue weighted by Crippen LogP contribution is -2.04. The molecule has 0 saturated carbocycles. The van der Waals surface area contributed by atoms with E-state index in [1.807, 2.05) is 42.6 Å². The Bertz CT molecular complexity index is 2440. The molecule has 0 spiro atoms. The van der Waals surface area contributed by atoms with Gasteiger partial charge in [0.1, 0.15) is 11.2 Å².